The van der Waals surface area contributed by atoms with Gasteiger partial charge in [0.1, 0.15) is 10.7 Å². The Morgan fingerprint density at radius 3 is 2.52 bits per heavy atom. The molecule has 1 fully saturated rings. The van der Waals surface area contributed by atoms with Crippen LogP contribution in [-0.4, -0.2) is 39.8 Å². The number of carbonyl (C=O) groups excluding carboxylic acids is 1. The zero-order valence-electron chi connectivity index (χ0n) is 11.3. The van der Waals surface area contributed by atoms with E-state index >= 15 is 0 Å². The lowest BCUT2D eigenvalue weighted by Gasteiger charge is -2.22. The van der Waals surface area contributed by atoms with E-state index in [2.05, 4.69) is 5.32 Å². The first kappa shape index (κ1) is 16.3. The van der Waals surface area contributed by atoms with Crippen LogP contribution in [-0.2, 0) is 18.9 Å². The summed E-state index contributed by atoms with van der Waals surface area (Å²) in [5.41, 5.74) is -0.892. The van der Waals surface area contributed by atoms with Crippen LogP contribution >= 0.6 is 10.7 Å². The molecule has 2 rings (SSSR count). The lowest BCUT2D eigenvalue weighted by molar-refractivity contribution is 0.0885. The molecule has 1 amide bonds. The van der Waals surface area contributed by atoms with Gasteiger partial charge in [0.25, 0.3) is 15.0 Å². The van der Waals surface area contributed by atoms with Crippen LogP contribution in [0.4, 0.5) is 0 Å². The third-order valence-electron chi connectivity index (χ3n) is 3.28. The summed E-state index contributed by atoms with van der Waals surface area (Å²) in [5, 5.41) is 2.57. The summed E-state index contributed by atoms with van der Waals surface area (Å²) in [6.07, 6.45) is 0.293. The predicted molar refractivity (Wildman–Crippen MR) is 75.6 cm³/mol. The Labute approximate surface area is 127 Å². The van der Waals surface area contributed by atoms with Crippen molar-refractivity contribution >= 4 is 35.5 Å². The van der Waals surface area contributed by atoms with Crippen molar-refractivity contribution in [2.24, 2.45) is 0 Å². The zero-order chi connectivity index (χ0) is 16.1. The Bertz CT molecular complexity index is 795. The fourth-order valence-electron chi connectivity index (χ4n) is 2.26. The number of hydrogen-bond donors (Lipinski definition) is 1. The van der Waals surface area contributed by atoms with E-state index in [1.54, 1.807) is 6.92 Å². The fraction of sp³-hybridized carbons (Fsp3) is 0.545. The molecular weight excluding hydrogens is 342 g/mol. The minimum Gasteiger partial charge on any atom is -0.455 e. The van der Waals surface area contributed by atoms with Gasteiger partial charge in [0, 0.05) is 16.7 Å². The van der Waals surface area contributed by atoms with Crippen molar-refractivity contribution in [2.75, 3.05) is 11.5 Å². The summed E-state index contributed by atoms with van der Waals surface area (Å²) >= 11 is 0. The Kier molecular flexibility index (Phi) is 3.88. The van der Waals surface area contributed by atoms with Gasteiger partial charge in [0.15, 0.2) is 15.6 Å². The predicted octanol–water partition coefficient (Wildman–Crippen LogP) is 0.823. The van der Waals surface area contributed by atoms with Gasteiger partial charge in [0.2, 0.25) is 0 Å². The Morgan fingerprint density at radius 2 is 2.10 bits per heavy atom. The van der Waals surface area contributed by atoms with Crippen LogP contribution in [0.15, 0.2) is 15.4 Å². The number of amides is 1. The van der Waals surface area contributed by atoms with Gasteiger partial charge in [-0.25, -0.2) is 16.8 Å². The topological polar surface area (TPSA) is 111 Å². The first-order chi connectivity index (χ1) is 9.42. The van der Waals surface area contributed by atoms with Crippen LogP contribution in [0.2, 0.25) is 0 Å². The van der Waals surface area contributed by atoms with E-state index in [1.807, 2.05) is 0 Å². The van der Waals surface area contributed by atoms with Gasteiger partial charge in [0.05, 0.1) is 17.0 Å². The first-order valence-corrected chi connectivity index (χ1v) is 10.1. The number of nitrogens with one attached hydrogen (secondary N) is 1. The van der Waals surface area contributed by atoms with E-state index in [9.17, 15) is 21.6 Å². The second-order valence-electron chi connectivity index (χ2n) is 5.33. The monoisotopic (exact) mass is 355 g/mol. The molecule has 0 bridgehead atoms. The van der Waals surface area contributed by atoms with Crippen molar-refractivity contribution in [2.45, 2.75) is 30.7 Å². The molecule has 0 aliphatic carbocycles. The maximum absolute atomic E-state index is 12.1. The van der Waals surface area contributed by atoms with Gasteiger partial charge in [-0.1, -0.05) is 0 Å². The maximum Gasteiger partial charge on any atom is 0.287 e. The van der Waals surface area contributed by atoms with Crippen LogP contribution in [0.1, 0.15) is 29.7 Å². The summed E-state index contributed by atoms with van der Waals surface area (Å²) in [5.74, 6) is -1.06. The number of halogens is 1. The highest BCUT2D eigenvalue weighted by Crippen LogP contribution is 2.26. The smallest absolute Gasteiger partial charge is 0.287 e. The van der Waals surface area contributed by atoms with Crippen molar-refractivity contribution in [3.05, 3.63) is 17.6 Å². The molecule has 1 aliphatic rings. The molecular formula is C11H14ClNO6S2. The summed E-state index contributed by atoms with van der Waals surface area (Å²) in [4.78, 5) is 11.8. The number of aryl methyl sites for hydroxylation is 1. The third-order valence-corrected chi connectivity index (χ3v) is 6.61. The molecule has 1 atom stereocenters. The summed E-state index contributed by atoms with van der Waals surface area (Å²) < 4.78 is 50.6. The van der Waals surface area contributed by atoms with Crippen molar-refractivity contribution in [1.29, 1.82) is 0 Å². The van der Waals surface area contributed by atoms with Crippen molar-refractivity contribution in [1.82, 2.24) is 5.32 Å². The Morgan fingerprint density at radius 1 is 1.48 bits per heavy atom. The number of carbonyl (C=O) groups is 1. The van der Waals surface area contributed by atoms with Crippen LogP contribution in [0.25, 0.3) is 0 Å². The quantitative estimate of drug-likeness (QED) is 0.804. The average molecular weight is 356 g/mol. The third kappa shape index (κ3) is 3.58. The lowest BCUT2D eigenvalue weighted by Crippen LogP contribution is -2.46. The van der Waals surface area contributed by atoms with Gasteiger partial charge in [-0.2, -0.15) is 0 Å². The SMILES string of the molecule is Cc1oc(C(=O)NC2(C)CCS(=O)(=O)C2)cc1S(=O)(=O)Cl. The minimum absolute atomic E-state index is 0.000605. The average Bonchev–Trinajstić information content (AvgIpc) is 2.79. The number of furan rings is 1. The highest BCUT2D eigenvalue weighted by Gasteiger charge is 2.40. The molecule has 1 aromatic heterocycles. The van der Waals surface area contributed by atoms with E-state index in [0.29, 0.717) is 6.42 Å². The number of hydrogen-bond acceptors (Lipinski definition) is 6. The molecule has 10 heteroatoms. The molecule has 1 aliphatic heterocycles. The molecule has 1 unspecified atom stereocenters. The van der Waals surface area contributed by atoms with Gasteiger partial charge in [-0.05, 0) is 20.3 Å². The summed E-state index contributed by atoms with van der Waals surface area (Å²) in [6, 6.07) is 1.03. The van der Waals surface area contributed by atoms with Gasteiger partial charge < -0.3 is 9.73 Å². The largest absolute Gasteiger partial charge is 0.455 e. The molecule has 1 aromatic rings. The fourth-order valence-corrected chi connectivity index (χ4v) is 5.45. The molecule has 2 heterocycles. The molecule has 21 heavy (non-hydrogen) atoms. The zero-order valence-corrected chi connectivity index (χ0v) is 13.7. The normalized spacial score (nSPS) is 24.9. The molecule has 0 saturated carbocycles. The van der Waals surface area contributed by atoms with E-state index in [-0.39, 0.29) is 27.9 Å². The van der Waals surface area contributed by atoms with Gasteiger partial charge >= 0.3 is 0 Å². The molecule has 0 aromatic carbocycles. The summed E-state index contributed by atoms with van der Waals surface area (Å²) in [6.45, 7) is 2.98. The molecule has 7 nitrogen and oxygen atoms in total. The van der Waals surface area contributed by atoms with Crippen LogP contribution in [0.5, 0.6) is 0 Å². The second-order valence-corrected chi connectivity index (χ2v) is 10.0. The number of rotatable bonds is 3. The Hall–Kier alpha value is -1.06. The van der Waals surface area contributed by atoms with E-state index < -0.39 is 30.3 Å². The van der Waals surface area contributed by atoms with E-state index in [1.165, 1.54) is 6.92 Å². The molecule has 1 N–H and O–H groups in total. The van der Waals surface area contributed by atoms with Crippen molar-refractivity contribution in [3.63, 3.8) is 0 Å². The van der Waals surface area contributed by atoms with Crippen LogP contribution in [0.3, 0.4) is 0 Å². The highest BCUT2D eigenvalue weighted by atomic mass is 35.7. The van der Waals surface area contributed by atoms with Crippen LogP contribution in [0, 0.1) is 6.92 Å². The second kappa shape index (κ2) is 4.99. The lowest BCUT2D eigenvalue weighted by atomic mass is 10.0. The van der Waals surface area contributed by atoms with Crippen molar-refractivity contribution < 1.29 is 26.0 Å². The van der Waals surface area contributed by atoms with Gasteiger partial charge in [-0.3, -0.25) is 4.79 Å². The number of sulfone groups is 1. The summed E-state index contributed by atoms with van der Waals surface area (Å²) in [7, 11) is -1.96. The maximum atomic E-state index is 12.1. The highest BCUT2D eigenvalue weighted by molar-refractivity contribution is 8.13. The van der Waals surface area contributed by atoms with Gasteiger partial charge in [-0.15, -0.1) is 0 Å². The Balaban J connectivity index is 2.23. The molecule has 0 radical (unpaired) electrons. The molecule has 118 valence electrons. The molecule has 1 saturated heterocycles. The minimum atomic E-state index is -4.00. The standard InChI is InChI=1S/C11H14ClNO6S2/c1-7-9(21(12,17)18)5-8(19-7)10(14)13-11(2)3-4-20(15,16)6-11/h5H,3-4,6H2,1-2H3,(H,13,14). The van der Waals surface area contributed by atoms with E-state index in [4.69, 9.17) is 15.1 Å². The van der Waals surface area contributed by atoms with Crippen LogP contribution < -0.4 is 5.32 Å². The van der Waals surface area contributed by atoms with Crippen molar-refractivity contribution in [3.8, 4) is 0 Å². The van der Waals surface area contributed by atoms with E-state index in [0.717, 1.165) is 6.07 Å². The first-order valence-electron chi connectivity index (χ1n) is 6.00. The molecule has 0 spiro atoms.